The summed E-state index contributed by atoms with van der Waals surface area (Å²) in [5, 5.41) is -0.523. The lowest BCUT2D eigenvalue weighted by Crippen LogP contribution is -2.34. The van der Waals surface area contributed by atoms with Gasteiger partial charge in [-0.25, -0.2) is 21.6 Å². The molecular weight excluding hydrogens is 352 g/mol. The smallest absolute Gasteiger partial charge is 0.240 e. The minimum absolute atomic E-state index is 0.00152. The van der Waals surface area contributed by atoms with Crippen LogP contribution < -0.4 is 4.72 Å². The molecule has 0 spiro atoms. The molecule has 9 heteroatoms. The quantitative estimate of drug-likeness (QED) is 0.772. The van der Waals surface area contributed by atoms with Crippen molar-refractivity contribution in [3.8, 4) is 0 Å². The topological polar surface area (TPSA) is 101 Å². The van der Waals surface area contributed by atoms with E-state index in [-0.39, 0.29) is 30.3 Å². The molecule has 1 aliphatic heterocycles. The van der Waals surface area contributed by atoms with Crippen molar-refractivity contribution in [2.45, 2.75) is 29.9 Å². The second-order valence-electron chi connectivity index (χ2n) is 6.04. The number of rotatable bonds is 6. The van der Waals surface area contributed by atoms with Crippen LogP contribution in [0.1, 0.15) is 18.4 Å². The summed E-state index contributed by atoms with van der Waals surface area (Å²) in [6.45, 7) is 2.35. The van der Waals surface area contributed by atoms with Crippen LogP contribution in [-0.2, 0) is 24.7 Å². The minimum atomic E-state index is -3.65. The third kappa shape index (κ3) is 4.78. The Kier molecular flexibility index (Phi) is 5.67. The maximum atomic E-state index is 12.2. The fourth-order valence-electron chi connectivity index (χ4n) is 2.62. The van der Waals surface area contributed by atoms with Crippen LogP contribution in [0.25, 0.3) is 0 Å². The molecule has 1 heterocycles. The number of sulfone groups is 1. The second kappa shape index (κ2) is 7.20. The fraction of sp³-hybridized carbons (Fsp3) is 0.533. The summed E-state index contributed by atoms with van der Waals surface area (Å²) in [6, 6.07) is 6.51. The minimum Gasteiger partial charge on any atom is -0.341 e. The molecule has 0 radical (unpaired) electrons. The van der Waals surface area contributed by atoms with E-state index >= 15 is 0 Å². The van der Waals surface area contributed by atoms with Crippen molar-refractivity contribution in [1.29, 1.82) is 0 Å². The number of amides is 1. The summed E-state index contributed by atoms with van der Waals surface area (Å²) in [6.07, 6.45) is 1.60. The number of carbonyl (C=O) groups excluding carboxylic acids is 1. The molecule has 0 saturated carbocycles. The van der Waals surface area contributed by atoms with E-state index in [2.05, 4.69) is 4.72 Å². The number of aryl methyl sites for hydroxylation is 1. The number of nitrogens with one attached hydrogen (secondary N) is 1. The van der Waals surface area contributed by atoms with Crippen LogP contribution in [0.2, 0.25) is 0 Å². The van der Waals surface area contributed by atoms with E-state index in [9.17, 15) is 21.6 Å². The molecule has 1 aromatic rings. The summed E-state index contributed by atoms with van der Waals surface area (Å²) in [5.41, 5.74) is 0.831. The summed E-state index contributed by atoms with van der Waals surface area (Å²) in [7, 11) is -6.81. The van der Waals surface area contributed by atoms with Gasteiger partial charge in [0.25, 0.3) is 0 Å². The summed E-state index contributed by atoms with van der Waals surface area (Å²) >= 11 is 0. The lowest BCUT2D eigenvalue weighted by molar-refractivity contribution is -0.129. The van der Waals surface area contributed by atoms with Crippen molar-refractivity contribution in [1.82, 2.24) is 9.62 Å². The van der Waals surface area contributed by atoms with E-state index < -0.39 is 25.1 Å². The van der Waals surface area contributed by atoms with Gasteiger partial charge in [-0.05, 0) is 31.0 Å². The molecule has 1 fully saturated rings. The van der Waals surface area contributed by atoms with Crippen molar-refractivity contribution < 1.29 is 21.6 Å². The second-order valence-corrected chi connectivity index (χ2v) is 10.1. The van der Waals surface area contributed by atoms with Crippen LogP contribution in [0, 0.1) is 6.92 Å². The van der Waals surface area contributed by atoms with E-state index in [4.69, 9.17) is 0 Å². The largest absolute Gasteiger partial charge is 0.341 e. The zero-order chi connectivity index (χ0) is 18.0. The summed E-state index contributed by atoms with van der Waals surface area (Å²) < 4.78 is 49.7. The van der Waals surface area contributed by atoms with Gasteiger partial charge in [-0.1, -0.05) is 12.1 Å². The van der Waals surface area contributed by atoms with Gasteiger partial charge in [0.2, 0.25) is 15.9 Å². The molecule has 1 N–H and O–H groups in total. The molecule has 1 atom stereocenters. The first kappa shape index (κ1) is 18.9. The number of sulfonamides is 1. The highest BCUT2D eigenvalue weighted by atomic mass is 32.2. The predicted molar refractivity (Wildman–Crippen MR) is 90.8 cm³/mol. The third-order valence-electron chi connectivity index (χ3n) is 4.03. The van der Waals surface area contributed by atoms with Crippen LogP contribution in [0.4, 0.5) is 0 Å². The van der Waals surface area contributed by atoms with Gasteiger partial charge in [-0.15, -0.1) is 0 Å². The van der Waals surface area contributed by atoms with Gasteiger partial charge in [-0.3, -0.25) is 4.79 Å². The number of likely N-dealkylation sites (tertiary alicyclic amines) is 1. The molecule has 1 amide bonds. The lowest BCUT2D eigenvalue weighted by atomic mass is 10.2. The third-order valence-corrected chi connectivity index (χ3v) is 7.09. The van der Waals surface area contributed by atoms with Crippen molar-refractivity contribution in [2.75, 3.05) is 25.9 Å². The zero-order valence-electron chi connectivity index (χ0n) is 13.7. The Balaban J connectivity index is 1.87. The van der Waals surface area contributed by atoms with E-state index in [1.165, 1.54) is 17.2 Å². The monoisotopic (exact) mass is 374 g/mol. The Labute approximate surface area is 143 Å². The van der Waals surface area contributed by atoms with Gasteiger partial charge in [-0.2, -0.15) is 0 Å². The van der Waals surface area contributed by atoms with Gasteiger partial charge < -0.3 is 4.90 Å². The first-order valence-corrected chi connectivity index (χ1v) is 11.1. The van der Waals surface area contributed by atoms with E-state index in [1.54, 1.807) is 25.1 Å². The number of nitrogens with zero attached hydrogens (tertiary/aromatic N) is 1. The van der Waals surface area contributed by atoms with Crippen LogP contribution in [0.3, 0.4) is 0 Å². The number of hydrogen-bond acceptors (Lipinski definition) is 5. The van der Waals surface area contributed by atoms with E-state index in [0.717, 1.165) is 5.56 Å². The maximum Gasteiger partial charge on any atom is 0.240 e. The molecule has 0 aromatic heterocycles. The Bertz CT molecular complexity index is 818. The Morgan fingerprint density at radius 2 is 2.00 bits per heavy atom. The lowest BCUT2D eigenvalue weighted by Gasteiger charge is -2.16. The fourth-order valence-corrected chi connectivity index (χ4v) is 4.74. The highest BCUT2D eigenvalue weighted by Gasteiger charge is 2.32. The molecule has 134 valence electrons. The van der Waals surface area contributed by atoms with Crippen molar-refractivity contribution in [3.63, 3.8) is 0 Å². The molecule has 1 saturated heterocycles. The van der Waals surface area contributed by atoms with Crippen LogP contribution in [-0.4, -0.2) is 58.8 Å². The molecule has 7 nitrogen and oxygen atoms in total. The average molecular weight is 374 g/mol. The van der Waals surface area contributed by atoms with Gasteiger partial charge in [0.1, 0.15) is 0 Å². The number of benzene rings is 1. The molecule has 24 heavy (non-hydrogen) atoms. The molecule has 2 rings (SSSR count). The summed E-state index contributed by atoms with van der Waals surface area (Å²) in [5.74, 6) is -0.243. The van der Waals surface area contributed by atoms with Gasteiger partial charge in [0, 0.05) is 32.3 Å². The summed E-state index contributed by atoms with van der Waals surface area (Å²) in [4.78, 5) is 13.7. The molecule has 1 unspecified atom stereocenters. The Hall–Kier alpha value is -1.45. The Morgan fingerprint density at radius 3 is 2.58 bits per heavy atom. The van der Waals surface area contributed by atoms with Gasteiger partial charge in [0.05, 0.1) is 10.1 Å². The highest BCUT2D eigenvalue weighted by Crippen LogP contribution is 2.17. The maximum absolute atomic E-state index is 12.2. The average Bonchev–Trinajstić information content (AvgIpc) is 2.97. The van der Waals surface area contributed by atoms with Crippen LogP contribution in [0.5, 0.6) is 0 Å². The normalized spacial score (nSPS) is 18.8. The van der Waals surface area contributed by atoms with Crippen molar-refractivity contribution >= 4 is 25.8 Å². The number of hydrogen-bond donors (Lipinski definition) is 1. The molecule has 0 bridgehead atoms. The van der Waals surface area contributed by atoms with Gasteiger partial charge in [0.15, 0.2) is 9.84 Å². The molecular formula is C15H22N2O5S2. The standard InChI is InChI=1S/C15H22N2O5S2/c1-12-4-3-5-13(10-12)24(21,22)16-8-6-15(18)17-9-7-14(11-17)23(2,19)20/h3-5,10,14,16H,6-9,11H2,1-2H3. The molecule has 0 aliphatic carbocycles. The molecule has 1 aliphatic rings. The SMILES string of the molecule is Cc1cccc(S(=O)(=O)NCCC(=O)N2CCC(S(C)(=O)=O)C2)c1. The van der Waals surface area contributed by atoms with Crippen LogP contribution >= 0.6 is 0 Å². The Morgan fingerprint density at radius 1 is 1.29 bits per heavy atom. The van der Waals surface area contributed by atoms with Gasteiger partial charge >= 0.3 is 0 Å². The van der Waals surface area contributed by atoms with Crippen LogP contribution in [0.15, 0.2) is 29.2 Å². The van der Waals surface area contributed by atoms with E-state index in [1.807, 2.05) is 0 Å². The predicted octanol–water partition coefficient (Wildman–Crippen LogP) is 0.309. The number of carbonyl (C=O) groups is 1. The van der Waals surface area contributed by atoms with Crippen molar-refractivity contribution in [2.24, 2.45) is 0 Å². The first-order valence-electron chi connectivity index (χ1n) is 7.62. The highest BCUT2D eigenvalue weighted by molar-refractivity contribution is 7.91. The van der Waals surface area contributed by atoms with E-state index in [0.29, 0.717) is 13.0 Å². The zero-order valence-corrected chi connectivity index (χ0v) is 15.4. The van der Waals surface area contributed by atoms with Crippen molar-refractivity contribution in [3.05, 3.63) is 29.8 Å². The first-order chi connectivity index (χ1) is 11.1. The molecule has 1 aromatic carbocycles.